The van der Waals surface area contributed by atoms with Gasteiger partial charge >= 0.3 is 5.97 Å². The SMILES string of the molecule is COc1ccc(C2NC(C(=O)O)Cc3c2[nH]c2ccccc32)cc1CN1CCC(c2ccc(F)cc2)CC1. The molecule has 2 unspecified atom stereocenters. The fraction of sp³-hybridized carbons (Fsp3) is 0.323. The van der Waals surface area contributed by atoms with E-state index in [4.69, 9.17) is 4.74 Å². The van der Waals surface area contributed by atoms with Crippen LogP contribution in [0.1, 0.15) is 52.7 Å². The molecule has 0 radical (unpaired) electrons. The maximum atomic E-state index is 13.3. The molecule has 3 aromatic carbocycles. The van der Waals surface area contributed by atoms with E-state index in [0.29, 0.717) is 12.3 Å². The Bertz CT molecular complexity index is 1460. The lowest BCUT2D eigenvalue weighted by molar-refractivity contribution is -0.139. The van der Waals surface area contributed by atoms with E-state index in [1.54, 1.807) is 19.2 Å². The van der Waals surface area contributed by atoms with Crippen LogP contribution in [0, 0.1) is 5.82 Å². The summed E-state index contributed by atoms with van der Waals surface area (Å²) in [5.74, 6) is 0.236. The number of hydrogen-bond acceptors (Lipinski definition) is 4. The van der Waals surface area contributed by atoms with Crippen molar-refractivity contribution < 1.29 is 19.0 Å². The van der Waals surface area contributed by atoms with Crippen LogP contribution in [-0.2, 0) is 17.8 Å². The van der Waals surface area contributed by atoms with Crippen molar-refractivity contribution in [2.24, 2.45) is 0 Å². The van der Waals surface area contributed by atoms with Crippen molar-refractivity contribution in [1.82, 2.24) is 15.2 Å². The van der Waals surface area contributed by atoms with E-state index in [9.17, 15) is 14.3 Å². The Balaban J connectivity index is 1.26. The van der Waals surface area contributed by atoms with Crippen molar-refractivity contribution in [3.8, 4) is 5.75 Å². The van der Waals surface area contributed by atoms with Crippen LogP contribution < -0.4 is 10.1 Å². The zero-order valence-corrected chi connectivity index (χ0v) is 21.4. The van der Waals surface area contributed by atoms with Crippen LogP contribution in [-0.4, -0.2) is 47.2 Å². The molecule has 6 nitrogen and oxygen atoms in total. The molecule has 6 rings (SSSR count). The summed E-state index contributed by atoms with van der Waals surface area (Å²) in [7, 11) is 1.69. The fourth-order valence-electron chi connectivity index (χ4n) is 6.16. The van der Waals surface area contributed by atoms with Gasteiger partial charge in [-0.3, -0.25) is 15.0 Å². The molecule has 196 valence electrons. The van der Waals surface area contributed by atoms with E-state index in [1.807, 2.05) is 42.5 Å². The maximum Gasteiger partial charge on any atom is 0.321 e. The highest BCUT2D eigenvalue weighted by Gasteiger charge is 2.34. The van der Waals surface area contributed by atoms with Crippen molar-refractivity contribution in [1.29, 1.82) is 0 Å². The number of methoxy groups -OCH3 is 1. The number of aromatic amines is 1. The molecule has 2 aliphatic rings. The van der Waals surface area contributed by atoms with Crippen molar-refractivity contribution in [3.63, 3.8) is 0 Å². The second-order valence-corrected chi connectivity index (χ2v) is 10.4. The first-order valence-corrected chi connectivity index (χ1v) is 13.2. The van der Waals surface area contributed by atoms with Crippen molar-refractivity contribution in [2.45, 2.75) is 43.8 Å². The Hall–Kier alpha value is -3.68. The molecule has 1 aromatic heterocycles. The Morgan fingerprint density at radius 2 is 1.79 bits per heavy atom. The largest absolute Gasteiger partial charge is 0.496 e. The van der Waals surface area contributed by atoms with Gasteiger partial charge < -0.3 is 14.8 Å². The molecule has 0 saturated carbocycles. The molecule has 7 heteroatoms. The van der Waals surface area contributed by atoms with Crippen LogP contribution in [0.25, 0.3) is 10.9 Å². The van der Waals surface area contributed by atoms with Crippen LogP contribution in [0.2, 0.25) is 0 Å². The molecule has 1 fully saturated rings. The molecule has 3 N–H and O–H groups in total. The van der Waals surface area contributed by atoms with E-state index in [0.717, 1.165) is 71.5 Å². The fourth-order valence-corrected chi connectivity index (χ4v) is 6.16. The van der Waals surface area contributed by atoms with Crippen LogP contribution in [0.5, 0.6) is 5.75 Å². The first-order valence-electron chi connectivity index (χ1n) is 13.2. The summed E-state index contributed by atoms with van der Waals surface area (Å²) in [6, 6.07) is 20.2. The summed E-state index contributed by atoms with van der Waals surface area (Å²) in [6.45, 7) is 2.65. The van der Waals surface area contributed by atoms with Crippen molar-refractivity contribution in [3.05, 3.63) is 100 Å². The second kappa shape index (κ2) is 10.2. The van der Waals surface area contributed by atoms with Gasteiger partial charge in [-0.25, -0.2) is 4.39 Å². The number of carbonyl (C=O) groups is 1. The average molecular weight is 514 g/mol. The molecule has 2 atom stereocenters. The summed E-state index contributed by atoms with van der Waals surface area (Å²) in [5, 5.41) is 14.3. The third-order valence-electron chi connectivity index (χ3n) is 8.17. The minimum atomic E-state index is -0.844. The van der Waals surface area contributed by atoms with Gasteiger partial charge in [0, 0.05) is 35.1 Å². The monoisotopic (exact) mass is 513 g/mol. The van der Waals surface area contributed by atoms with Crippen LogP contribution in [0.4, 0.5) is 4.39 Å². The number of carboxylic acids is 1. The lowest BCUT2D eigenvalue weighted by atomic mass is 9.88. The summed E-state index contributed by atoms with van der Waals surface area (Å²) >= 11 is 0. The quantitative estimate of drug-likeness (QED) is 0.323. The van der Waals surface area contributed by atoms with E-state index < -0.39 is 12.0 Å². The molecule has 38 heavy (non-hydrogen) atoms. The highest BCUT2D eigenvalue weighted by atomic mass is 19.1. The zero-order valence-electron chi connectivity index (χ0n) is 21.4. The average Bonchev–Trinajstić information content (AvgIpc) is 3.32. The molecule has 0 aliphatic carbocycles. The molecule has 0 bridgehead atoms. The topological polar surface area (TPSA) is 77.6 Å². The smallest absolute Gasteiger partial charge is 0.321 e. The molecule has 4 aromatic rings. The normalized spacial score (nSPS) is 20.4. The minimum absolute atomic E-state index is 0.195. The summed E-state index contributed by atoms with van der Waals surface area (Å²) in [5.41, 5.74) is 6.42. The highest BCUT2D eigenvalue weighted by molar-refractivity contribution is 5.87. The van der Waals surface area contributed by atoms with Gasteiger partial charge in [0.25, 0.3) is 0 Å². The van der Waals surface area contributed by atoms with Gasteiger partial charge in [-0.1, -0.05) is 36.4 Å². The van der Waals surface area contributed by atoms with Gasteiger partial charge in [0.1, 0.15) is 17.6 Å². The summed E-state index contributed by atoms with van der Waals surface area (Å²) < 4.78 is 19.1. The number of aliphatic carboxylic acids is 1. The van der Waals surface area contributed by atoms with Crippen LogP contribution >= 0.6 is 0 Å². The lowest BCUT2D eigenvalue weighted by Gasteiger charge is -2.33. The Labute approximate surface area is 221 Å². The number of nitrogens with one attached hydrogen (secondary N) is 2. The number of rotatable bonds is 6. The van der Waals surface area contributed by atoms with Crippen LogP contribution in [0.3, 0.4) is 0 Å². The molecule has 0 amide bonds. The van der Waals surface area contributed by atoms with Gasteiger partial charge in [0.2, 0.25) is 0 Å². The number of aromatic nitrogens is 1. The standard InChI is InChI=1S/C31H32FN3O3/c1-38-28-11-8-21(16-22(28)18-35-14-12-20(13-15-35)19-6-9-23(32)10-7-19)29-30-25(17-27(34-29)31(36)37)24-4-2-3-5-26(24)33-30/h2-11,16,20,27,29,33-34H,12-15,17-18H2,1H3,(H,36,37). The van der Waals surface area contributed by atoms with Gasteiger partial charge in [0.05, 0.1) is 13.2 Å². The Morgan fingerprint density at radius 3 is 2.53 bits per heavy atom. The minimum Gasteiger partial charge on any atom is -0.496 e. The number of carboxylic acid groups (broad SMARTS) is 1. The molecule has 1 saturated heterocycles. The summed E-state index contributed by atoms with van der Waals surface area (Å²) in [6.07, 6.45) is 2.49. The van der Waals surface area contributed by atoms with Crippen LogP contribution in [0.15, 0.2) is 66.7 Å². The van der Waals surface area contributed by atoms with Gasteiger partial charge in [-0.15, -0.1) is 0 Å². The highest BCUT2D eigenvalue weighted by Crippen LogP contribution is 2.37. The number of halogens is 1. The number of benzene rings is 3. The van der Waals surface area contributed by atoms with Crippen molar-refractivity contribution in [2.75, 3.05) is 20.2 Å². The second-order valence-electron chi connectivity index (χ2n) is 10.4. The number of para-hydroxylation sites is 1. The predicted molar refractivity (Wildman–Crippen MR) is 145 cm³/mol. The van der Waals surface area contributed by atoms with Gasteiger partial charge in [-0.2, -0.15) is 0 Å². The number of piperidine rings is 1. The van der Waals surface area contributed by atoms with Crippen molar-refractivity contribution >= 4 is 16.9 Å². The first-order chi connectivity index (χ1) is 18.5. The first kappa shape index (κ1) is 24.6. The third-order valence-corrected chi connectivity index (χ3v) is 8.17. The molecule has 3 heterocycles. The van der Waals surface area contributed by atoms with Gasteiger partial charge in [0.15, 0.2) is 0 Å². The summed E-state index contributed by atoms with van der Waals surface area (Å²) in [4.78, 5) is 18.0. The van der Waals surface area contributed by atoms with E-state index in [2.05, 4.69) is 27.3 Å². The maximum absolute atomic E-state index is 13.3. The van der Waals surface area contributed by atoms with E-state index in [-0.39, 0.29) is 11.9 Å². The lowest BCUT2D eigenvalue weighted by Crippen LogP contribution is -2.45. The molecule has 2 aliphatic heterocycles. The number of H-pyrrole nitrogens is 1. The number of hydrogen-bond donors (Lipinski definition) is 3. The molecular formula is C31H32FN3O3. The predicted octanol–water partition coefficient (Wildman–Crippen LogP) is 5.38. The van der Waals surface area contributed by atoms with E-state index >= 15 is 0 Å². The van der Waals surface area contributed by atoms with E-state index in [1.165, 1.54) is 5.56 Å². The molecule has 0 spiro atoms. The number of likely N-dealkylation sites (tertiary alicyclic amines) is 1. The number of ether oxygens (including phenoxy) is 1. The zero-order chi connectivity index (χ0) is 26.2. The Kier molecular flexibility index (Phi) is 6.64. The number of fused-ring (bicyclic) bond motifs is 3. The molecular weight excluding hydrogens is 481 g/mol. The Morgan fingerprint density at radius 1 is 1.05 bits per heavy atom. The third kappa shape index (κ3) is 4.68. The number of nitrogens with zero attached hydrogens (tertiary/aromatic N) is 1. The van der Waals surface area contributed by atoms with Gasteiger partial charge in [-0.05, 0) is 78.9 Å².